The van der Waals surface area contributed by atoms with E-state index in [1.807, 2.05) is 42.5 Å². The highest BCUT2D eigenvalue weighted by atomic mass is 16.5. The van der Waals surface area contributed by atoms with Crippen molar-refractivity contribution in [3.05, 3.63) is 48.3 Å². The first-order valence-electron chi connectivity index (χ1n) is 9.26. The van der Waals surface area contributed by atoms with Crippen LogP contribution < -0.4 is 10.6 Å². The highest BCUT2D eigenvalue weighted by Gasteiger charge is 2.33. The molecule has 0 spiro atoms. The third kappa shape index (κ3) is 4.10. The lowest BCUT2D eigenvalue weighted by Gasteiger charge is -2.22. The van der Waals surface area contributed by atoms with Crippen LogP contribution in [0.25, 0.3) is 10.8 Å². The first kappa shape index (κ1) is 19.0. The van der Waals surface area contributed by atoms with E-state index in [2.05, 4.69) is 20.7 Å². The van der Waals surface area contributed by atoms with E-state index in [0.717, 1.165) is 10.8 Å². The number of amides is 2. The summed E-state index contributed by atoms with van der Waals surface area (Å²) >= 11 is 0. The Balaban J connectivity index is 1.54. The van der Waals surface area contributed by atoms with Crippen molar-refractivity contribution in [3.63, 3.8) is 0 Å². The van der Waals surface area contributed by atoms with E-state index in [-0.39, 0.29) is 30.8 Å². The van der Waals surface area contributed by atoms with Gasteiger partial charge in [0.05, 0.1) is 19.6 Å². The van der Waals surface area contributed by atoms with Gasteiger partial charge < -0.3 is 14.8 Å². The summed E-state index contributed by atoms with van der Waals surface area (Å²) < 4.78 is 11.8. The molecule has 150 valence electrons. The highest BCUT2D eigenvalue weighted by molar-refractivity contribution is 6.05. The van der Waals surface area contributed by atoms with Crippen LogP contribution in [0.4, 0.5) is 11.6 Å². The lowest BCUT2D eigenvalue weighted by atomic mass is 10.1. The van der Waals surface area contributed by atoms with Gasteiger partial charge in [0, 0.05) is 18.2 Å². The van der Waals surface area contributed by atoms with Gasteiger partial charge in [-0.2, -0.15) is 10.1 Å². The summed E-state index contributed by atoms with van der Waals surface area (Å²) in [4.78, 5) is 29.4. The van der Waals surface area contributed by atoms with E-state index in [9.17, 15) is 9.59 Å². The second kappa shape index (κ2) is 8.38. The van der Waals surface area contributed by atoms with Crippen molar-refractivity contribution in [3.8, 4) is 0 Å². The fraction of sp³-hybridized carbons (Fsp3) is 0.300. The first-order valence-corrected chi connectivity index (χ1v) is 9.26. The topological polar surface area (TPSA) is 107 Å². The zero-order chi connectivity index (χ0) is 20.2. The summed E-state index contributed by atoms with van der Waals surface area (Å²) in [6.07, 6.45) is -0.0169. The van der Waals surface area contributed by atoms with Gasteiger partial charge in [-0.15, -0.1) is 0 Å². The van der Waals surface area contributed by atoms with Crippen LogP contribution in [0.5, 0.6) is 0 Å². The molecule has 2 heterocycles. The summed E-state index contributed by atoms with van der Waals surface area (Å²) in [6.45, 7) is 1.02. The zero-order valence-electron chi connectivity index (χ0n) is 15.9. The number of anilines is 2. The maximum atomic E-state index is 13.0. The van der Waals surface area contributed by atoms with Gasteiger partial charge in [0.25, 0.3) is 0 Å². The summed E-state index contributed by atoms with van der Waals surface area (Å²) in [5, 5.41) is 11.9. The molecule has 1 aliphatic heterocycles. The Hall–Kier alpha value is -3.30. The van der Waals surface area contributed by atoms with Crippen LogP contribution in [0, 0.1) is 0 Å². The largest absolute Gasteiger partial charge is 0.382 e. The average molecular weight is 395 g/mol. The first-order chi connectivity index (χ1) is 14.2. The number of carbonyl (C=O) groups excluding carboxylic acids is 2. The molecule has 0 unspecified atom stereocenters. The average Bonchev–Trinajstić information content (AvgIpc) is 3.13. The Kier molecular flexibility index (Phi) is 5.50. The Labute approximate surface area is 167 Å². The molecule has 2 aromatic carbocycles. The molecule has 4 rings (SSSR count). The number of carbonyl (C=O) groups is 2. The number of nitrogens with one attached hydrogen (secondary N) is 2. The molecule has 0 saturated carbocycles. The lowest BCUT2D eigenvalue weighted by Crippen LogP contribution is -2.36. The molecule has 29 heavy (non-hydrogen) atoms. The van der Waals surface area contributed by atoms with E-state index in [0.29, 0.717) is 24.7 Å². The number of benzene rings is 2. The van der Waals surface area contributed by atoms with Crippen molar-refractivity contribution in [1.29, 1.82) is 0 Å². The van der Waals surface area contributed by atoms with Crippen LogP contribution in [0.15, 0.2) is 42.5 Å². The van der Waals surface area contributed by atoms with E-state index in [1.165, 1.54) is 4.68 Å². The van der Waals surface area contributed by atoms with Crippen molar-refractivity contribution in [2.75, 3.05) is 31.0 Å². The summed E-state index contributed by atoms with van der Waals surface area (Å²) in [6, 6.07) is 12.7. The van der Waals surface area contributed by atoms with Gasteiger partial charge in [-0.3, -0.25) is 14.9 Å². The van der Waals surface area contributed by atoms with Crippen LogP contribution in [0.3, 0.4) is 0 Å². The van der Waals surface area contributed by atoms with Gasteiger partial charge >= 0.3 is 0 Å². The third-order valence-corrected chi connectivity index (χ3v) is 4.61. The molecule has 9 nitrogen and oxygen atoms in total. The predicted molar refractivity (Wildman–Crippen MR) is 106 cm³/mol. The Bertz CT molecular complexity index is 1040. The lowest BCUT2D eigenvalue weighted by molar-refractivity contribution is -0.125. The van der Waals surface area contributed by atoms with E-state index in [1.54, 1.807) is 7.11 Å². The van der Waals surface area contributed by atoms with Crippen LogP contribution in [-0.4, -0.2) is 46.9 Å². The minimum absolute atomic E-state index is 0.0169. The van der Waals surface area contributed by atoms with Gasteiger partial charge in [0.15, 0.2) is 5.82 Å². The molecule has 2 amide bonds. The maximum absolute atomic E-state index is 13.0. The van der Waals surface area contributed by atoms with Crippen LogP contribution in [-0.2, 0) is 25.7 Å². The van der Waals surface area contributed by atoms with Crippen LogP contribution in [0.2, 0.25) is 0 Å². The van der Waals surface area contributed by atoms with E-state index in [4.69, 9.17) is 9.47 Å². The maximum Gasteiger partial charge on any atom is 0.249 e. The van der Waals surface area contributed by atoms with E-state index < -0.39 is 6.04 Å². The van der Waals surface area contributed by atoms with Crippen molar-refractivity contribution in [1.82, 2.24) is 14.8 Å². The number of hydrogen-bond donors (Lipinski definition) is 2. The van der Waals surface area contributed by atoms with Gasteiger partial charge in [0.1, 0.15) is 12.6 Å². The van der Waals surface area contributed by atoms with Crippen molar-refractivity contribution in [2.45, 2.75) is 19.1 Å². The monoisotopic (exact) mass is 395 g/mol. The quantitative estimate of drug-likeness (QED) is 0.594. The Morgan fingerprint density at radius 3 is 2.93 bits per heavy atom. The fourth-order valence-corrected chi connectivity index (χ4v) is 3.23. The van der Waals surface area contributed by atoms with Crippen molar-refractivity contribution < 1.29 is 19.1 Å². The predicted octanol–water partition coefficient (Wildman–Crippen LogP) is 2.12. The molecular weight excluding hydrogens is 374 g/mol. The van der Waals surface area contributed by atoms with Gasteiger partial charge in [-0.05, 0) is 11.5 Å². The highest BCUT2D eigenvalue weighted by Crippen LogP contribution is 2.27. The Morgan fingerprint density at radius 1 is 1.24 bits per heavy atom. The SMILES string of the molecule is COCCOCc1nc2n(n1)[C@@H](C(=O)Nc1cccc3ccccc13)CC(=O)N2. The number of rotatable bonds is 7. The molecule has 1 atom stereocenters. The normalized spacial score (nSPS) is 15.8. The molecule has 0 bridgehead atoms. The Morgan fingerprint density at radius 2 is 2.07 bits per heavy atom. The van der Waals surface area contributed by atoms with Gasteiger partial charge in [-0.25, -0.2) is 4.68 Å². The minimum atomic E-state index is -0.794. The smallest absolute Gasteiger partial charge is 0.249 e. The fourth-order valence-electron chi connectivity index (χ4n) is 3.23. The van der Waals surface area contributed by atoms with Crippen LogP contribution >= 0.6 is 0 Å². The second-order valence-electron chi connectivity index (χ2n) is 6.63. The van der Waals surface area contributed by atoms with Crippen molar-refractivity contribution in [2.24, 2.45) is 0 Å². The summed E-state index contributed by atoms with van der Waals surface area (Å²) in [7, 11) is 1.59. The molecule has 9 heteroatoms. The minimum Gasteiger partial charge on any atom is -0.382 e. The third-order valence-electron chi connectivity index (χ3n) is 4.61. The second-order valence-corrected chi connectivity index (χ2v) is 6.63. The number of fused-ring (bicyclic) bond motifs is 2. The number of hydrogen-bond acceptors (Lipinski definition) is 6. The molecule has 1 aliphatic rings. The number of methoxy groups -OCH3 is 1. The zero-order valence-corrected chi connectivity index (χ0v) is 15.9. The molecular formula is C20H21N5O4. The van der Waals surface area contributed by atoms with Crippen LogP contribution in [0.1, 0.15) is 18.3 Å². The van der Waals surface area contributed by atoms with Gasteiger partial charge in [-0.1, -0.05) is 36.4 Å². The molecule has 1 aromatic heterocycles. The standard InChI is InChI=1S/C20H21N5O4/c1-28-9-10-29-12-17-22-20-23-18(26)11-16(25(20)24-17)19(27)21-15-8-4-6-13-5-2-3-7-14(13)15/h2-8,16H,9-12H2,1H3,(H,21,27)(H,22,23,24,26)/t16-/m1/s1. The molecule has 0 aliphatic carbocycles. The van der Waals surface area contributed by atoms with E-state index >= 15 is 0 Å². The molecule has 0 fully saturated rings. The molecule has 3 aromatic rings. The molecule has 0 saturated heterocycles. The number of aromatic nitrogens is 3. The molecule has 2 N–H and O–H groups in total. The summed E-state index contributed by atoms with van der Waals surface area (Å²) in [5.41, 5.74) is 0.684. The van der Waals surface area contributed by atoms with Crippen molar-refractivity contribution >= 4 is 34.2 Å². The number of ether oxygens (including phenoxy) is 2. The van der Waals surface area contributed by atoms with Gasteiger partial charge in [0.2, 0.25) is 17.8 Å². The summed E-state index contributed by atoms with van der Waals surface area (Å²) in [5.74, 6) is 0.0231. The molecule has 0 radical (unpaired) electrons. The number of nitrogens with zero attached hydrogens (tertiary/aromatic N) is 3.